The van der Waals surface area contributed by atoms with Crippen LogP contribution in [0.5, 0.6) is 0 Å². The molecule has 1 aromatic rings. The van der Waals surface area contributed by atoms with Gasteiger partial charge >= 0.3 is 0 Å². The number of rotatable bonds is 2. The fourth-order valence-corrected chi connectivity index (χ4v) is 3.21. The second-order valence-electron chi connectivity index (χ2n) is 6.07. The molecule has 1 aromatic heterocycles. The van der Waals surface area contributed by atoms with Crippen molar-refractivity contribution >= 4 is 29.9 Å². The van der Waals surface area contributed by atoms with Gasteiger partial charge in [-0.1, -0.05) is 19.3 Å². The van der Waals surface area contributed by atoms with Crippen LogP contribution in [0.25, 0.3) is 0 Å². The number of aryl methyl sites for hydroxylation is 1. The van der Waals surface area contributed by atoms with Gasteiger partial charge in [0.1, 0.15) is 12.4 Å². The van der Waals surface area contributed by atoms with Crippen LogP contribution in [0.15, 0.2) is 4.99 Å². The van der Waals surface area contributed by atoms with Crippen molar-refractivity contribution in [3.8, 4) is 0 Å². The molecule has 22 heavy (non-hydrogen) atoms. The van der Waals surface area contributed by atoms with E-state index in [0.29, 0.717) is 12.5 Å². The number of aromatic nitrogens is 3. The van der Waals surface area contributed by atoms with Gasteiger partial charge in [0.05, 0.1) is 0 Å². The van der Waals surface area contributed by atoms with Crippen LogP contribution in [0.4, 0.5) is 0 Å². The molecule has 0 atom stereocenters. The second-order valence-corrected chi connectivity index (χ2v) is 6.07. The Bertz CT molecular complexity index is 490. The van der Waals surface area contributed by atoms with Crippen LogP contribution in [-0.2, 0) is 19.5 Å². The van der Waals surface area contributed by atoms with E-state index in [0.717, 1.165) is 37.7 Å². The van der Waals surface area contributed by atoms with Crippen molar-refractivity contribution in [2.24, 2.45) is 10.7 Å². The van der Waals surface area contributed by atoms with Gasteiger partial charge in [-0.05, 0) is 25.7 Å². The summed E-state index contributed by atoms with van der Waals surface area (Å²) in [7, 11) is 0. The van der Waals surface area contributed by atoms with Crippen LogP contribution in [0, 0.1) is 0 Å². The lowest BCUT2D eigenvalue weighted by molar-refractivity contribution is 0.428. The lowest BCUT2D eigenvalue weighted by Gasteiger charge is -2.21. The van der Waals surface area contributed by atoms with E-state index < -0.39 is 0 Å². The molecule has 2 N–H and O–H groups in total. The van der Waals surface area contributed by atoms with Crippen LogP contribution in [0.1, 0.15) is 56.6 Å². The molecular formula is C15H27IN6. The molecule has 3 rings (SSSR count). The second kappa shape index (κ2) is 8.69. The first-order valence-electron chi connectivity index (χ1n) is 8.30. The van der Waals surface area contributed by atoms with E-state index in [1.807, 2.05) is 0 Å². The number of hydrogen-bond acceptors (Lipinski definition) is 3. The summed E-state index contributed by atoms with van der Waals surface area (Å²) in [4.78, 5) is 6.78. The zero-order valence-electron chi connectivity index (χ0n) is 13.2. The van der Waals surface area contributed by atoms with Crippen LogP contribution in [0.3, 0.4) is 0 Å². The summed E-state index contributed by atoms with van der Waals surface area (Å²) in [6.45, 7) is 3.65. The van der Waals surface area contributed by atoms with Crippen molar-refractivity contribution in [3.63, 3.8) is 0 Å². The van der Waals surface area contributed by atoms with Crippen molar-refractivity contribution < 1.29 is 0 Å². The maximum atomic E-state index is 6.16. The normalized spacial score (nSPS) is 19.8. The number of likely N-dealkylation sites (tertiary alicyclic amines) is 1. The summed E-state index contributed by atoms with van der Waals surface area (Å²) in [5.41, 5.74) is 6.16. The van der Waals surface area contributed by atoms with Crippen LogP contribution in [-0.4, -0.2) is 38.7 Å². The minimum absolute atomic E-state index is 0. The summed E-state index contributed by atoms with van der Waals surface area (Å²) in [6, 6.07) is 0. The molecule has 0 unspecified atom stereocenters. The van der Waals surface area contributed by atoms with Crippen LogP contribution in [0.2, 0.25) is 0 Å². The molecule has 0 amide bonds. The molecule has 0 saturated carbocycles. The molecule has 1 fully saturated rings. The third-order valence-electron chi connectivity index (χ3n) is 4.50. The average Bonchev–Trinajstić information content (AvgIpc) is 2.72. The molecule has 0 spiro atoms. The Kier molecular flexibility index (Phi) is 6.91. The lowest BCUT2D eigenvalue weighted by Crippen LogP contribution is -2.38. The highest BCUT2D eigenvalue weighted by Gasteiger charge is 2.15. The number of nitrogens with zero attached hydrogens (tertiary/aromatic N) is 5. The first-order chi connectivity index (χ1) is 10.3. The van der Waals surface area contributed by atoms with E-state index in [1.54, 1.807) is 0 Å². The molecule has 1 saturated heterocycles. The summed E-state index contributed by atoms with van der Waals surface area (Å²) in [5, 5.41) is 8.62. The Balaban J connectivity index is 0.00000176. The molecule has 124 valence electrons. The zero-order chi connectivity index (χ0) is 14.5. The van der Waals surface area contributed by atoms with Gasteiger partial charge in [-0.2, -0.15) is 0 Å². The van der Waals surface area contributed by atoms with Crippen molar-refractivity contribution in [2.45, 2.75) is 64.5 Å². The maximum Gasteiger partial charge on any atom is 0.191 e. The SMILES string of the molecule is I.NC(=NCc1nnc2n1CCCCC2)N1CCCCCC1. The van der Waals surface area contributed by atoms with E-state index in [4.69, 9.17) is 5.73 Å². The Morgan fingerprint density at radius 2 is 1.64 bits per heavy atom. The molecule has 0 radical (unpaired) electrons. The maximum absolute atomic E-state index is 6.16. The minimum Gasteiger partial charge on any atom is -0.370 e. The number of nitrogens with two attached hydrogens (primary N) is 1. The Labute approximate surface area is 149 Å². The van der Waals surface area contributed by atoms with Gasteiger partial charge in [0.15, 0.2) is 11.8 Å². The molecule has 0 aromatic carbocycles. The standard InChI is InChI=1S/C15H26N6.HI/c16-15(20-9-5-1-2-6-10-20)17-12-14-19-18-13-8-4-3-7-11-21(13)14;/h1-12H2,(H2,16,17);1H. The fourth-order valence-electron chi connectivity index (χ4n) is 3.21. The van der Waals surface area contributed by atoms with Crippen LogP contribution < -0.4 is 5.73 Å². The van der Waals surface area contributed by atoms with Crippen molar-refractivity contribution in [2.75, 3.05) is 13.1 Å². The third kappa shape index (κ3) is 4.33. The zero-order valence-corrected chi connectivity index (χ0v) is 15.5. The van der Waals surface area contributed by atoms with Gasteiger partial charge in [0.2, 0.25) is 0 Å². The number of aliphatic imine (C=N–C) groups is 1. The van der Waals surface area contributed by atoms with Gasteiger partial charge in [0, 0.05) is 26.1 Å². The predicted molar refractivity (Wildman–Crippen MR) is 98.4 cm³/mol. The summed E-state index contributed by atoms with van der Waals surface area (Å²) in [5.74, 6) is 2.75. The summed E-state index contributed by atoms with van der Waals surface area (Å²) < 4.78 is 2.24. The molecule has 2 aliphatic rings. The minimum atomic E-state index is 0. The van der Waals surface area contributed by atoms with Gasteiger partial charge in [-0.3, -0.25) is 0 Å². The summed E-state index contributed by atoms with van der Waals surface area (Å²) >= 11 is 0. The molecule has 6 nitrogen and oxygen atoms in total. The monoisotopic (exact) mass is 418 g/mol. The predicted octanol–water partition coefficient (Wildman–Crippen LogP) is 2.31. The largest absolute Gasteiger partial charge is 0.370 e. The highest BCUT2D eigenvalue weighted by atomic mass is 127. The topological polar surface area (TPSA) is 72.3 Å². The Hall–Kier alpha value is -0.860. The van der Waals surface area contributed by atoms with Crippen molar-refractivity contribution in [1.29, 1.82) is 0 Å². The number of hydrogen-bond donors (Lipinski definition) is 1. The van der Waals surface area contributed by atoms with Gasteiger partial charge in [-0.25, -0.2) is 4.99 Å². The van der Waals surface area contributed by atoms with E-state index in [9.17, 15) is 0 Å². The average molecular weight is 418 g/mol. The molecule has 0 aliphatic carbocycles. The first kappa shape index (κ1) is 17.5. The molecule has 3 heterocycles. The van der Waals surface area contributed by atoms with E-state index in [2.05, 4.69) is 24.7 Å². The third-order valence-corrected chi connectivity index (χ3v) is 4.50. The van der Waals surface area contributed by atoms with Gasteiger partial charge < -0.3 is 15.2 Å². The van der Waals surface area contributed by atoms with E-state index in [-0.39, 0.29) is 24.0 Å². The van der Waals surface area contributed by atoms with Gasteiger partial charge in [-0.15, -0.1) is 34.2 Å². The fraction of sp³-hybridized carbons (Fsp3) is 0.800. The smallest absolute Gasteiger partial charge is 0.191 e. The number of guanidine groups is 1. The Morgan fingerprint density at radius 3 is 2.41 bits per heavy atom. The molecular weight excluding hydrogens is 391 g/mol. The molecule has 2 aliphatic heterocycles. The first-order valence-corrected chi connectivity index (χ1v) is 8.30. The number of fused-ring (bicyclic) bond motifs is 1. The van der Waals surface area contributed by atoms with E-state index in [1.165, 1.54) is 44.9 Å². The van der Waals surface area contributed by atoms with Crippen molar-refractivity contribution in [1.82, 2.24) is 19.7 Å². The van der Waals surface area contributed by atoms with Gasteiger partial charge in [0.25, 0.3) is 0 Å². The molecule has 0 bridgehead atoms. The highest BCUT2D eigenvalue weighted by Crippen LogP contribution is 2.15. The van der Waals surface area contributed by atoms with Crippen molar-refractivity contribution in [3.05, 3.63) is 11.6 Å². The molecule has 7 heteroatoms. The quantitative estimate of drug-likeness (QED) is 0.455. The lowest BCUT2D eigenvalue weighted by atomic mass is 10.2. The highest BCUT2D eigenvalue weighted by molar-refractivity contribution is 14.0. The Morgan fingerprint density at radius 1 is 0.955 bits per heavy atom. The summed E-state index contributed by atoms with van der Waals surface area (Å²) in [6.07, 6.45) is 9.80. The number of halogens is 1. The van der Waals surface area contributed by atoms with Crippen LogP contribution >= 0.6 is 24.0 Å². The van der Waals surface area contributed by atoms with E-state index >= 15 is 0 Å².